The summed E-state index contributed by atoms with van der Waals surface area (Å²) in [4.78, 5) is 11.9. The second-order valence-corrected chi connectivity index (χ2v) is 10.6. The average Bonchev–Trinajstić information content (AvgIpc) is 2.96. The van der Waals surface area contributed by atoms with Crippen LogP contribution in [-0.2, 0) is 21.1 Å². The largest absolute Gasteiger partial charge is 0.0622 e. The van der Waals surface area contributed by atoms with Crippen LogP contribution in [0.4, 0.5) is 0 Å². The van der Waals surface area contributed by atoms with Gasteiger partial charge in [0.15, 0.2) is 0 Å². The normalized spacial score (nSPS) is 9.92. The number of rotatable bonds is 5. The summed E-state index contributed by atoms with van der Waals surface area (Å²) < 4.78 is 7.99. The first-order chi connectivity index (χ1) is 18.2. The van der Waals surface area contributed by atoms with Gasteiger partial charge in [0.1, 0.15) is 0 Å². The summed E-state index contributed by atoms with van der Waals surface area (Å²) in [5, 5.41) is 4.19. The van der Waals surface area contributed by atoms with E-state index in [4.69, 9.17) is 4.74 Å². The van der Waals surface area contributed by atoms with Gasteiger partial charge in [-0.05, 0) is 23.8 Å². The Kier molecular flexibility index (Phi) is 10.1. The van der Waals surface area contributed by atoms with E-state index in [1.165, 1.54) is 15.9 Å². The summed E-state index contributed by atoms with van der Waals surface area (Å²) in [6.07, 6.45) is 0. The SMILES string of the molecule is O=C(Oc1ccccc1)c1cccc(C#[C][Au])c1.c1ccc(P(c2ccccc2)c2ccccc2)cc1. The predicted octanol–water partition coefficient (Wildman–Crippen LogP) is 6.21. The van der Waals surface area contributed by atoms with Crippen molar-refractivity contribution < 1.29 is 30.6 Å². The Morgan fingerprint density at radius 1 is 0.595 bits per heavy atom. The first-order valence-corrected chi connectivity index (χ1v) is 14.1. The van der Waals surface area contributed by atoms with Crippen LogP contribution < -0.4 is 20.7 Å². The summed E-state index contributed by atoms with van der Waals surface area (Å²) in [7, 11) is -0.446. The van der Waals surface area contributed by atoms with Gasteiger partial charge >= 0.3 is 118 Å². The van der Waals surface area contributed by atoms with Crippen LogP contribution in [0.15, 0.2) is 146 Å². The van der Waals surface area contributed by atoms with Gasteiger partial charge in [-0.25, -0.2) is 0 Å². The van der Waals surface area contributed by atoms with Crippen molar-refractivity contribution >= 4 is 29.8 Å². The monoisotopic (exact) mass is 680 g/mol. The molecule has 5 aromatic rings. The molecule has 0 saturated carbocycles. The minimum Gasteiger partial charge on any atom is -0.0622 e. The van der Waals surface area contributed by atoms with Crippen molar-refractivity contribution in [3.8, 4) is 15.8 Å². The van der Waals surface area contributed by atoms with E-state index in [1.54, 1.807) is 30.3 Å². The first-order valence-electron chi connectivity index (χ1n) is 11.6. The van der Waals surface area contributed by atoms with Crippen molar-refractivity contribution in [1.29, 1.82) is 0 Å². The molecular weight excluding hydrogens is 656 g/mol. The second kappa shape index (κ2) is 14.1. The molecule has 0 bridgehead atoms. The molecule has 0 aliphatic rings. The van der Waals surface area contributed by atoms with E-state index in [9.17, 15) is 4.79 Å². The zero-order valence-corrected chi connectivity index (χ0v) is 23.0. The van der Waals surface area contributed by atoms with Crippen LogP contribution in [0, 0.1) is 10.1 Å². The van der Waals surface area contributed by atoms with Gasteiger partial charge < -0.3 is 0 Å². The summed E-state index contributed by atoms with van der Waals surface area (Å²) in [5.74, 6) is 3.04. The van der Waals surface area contributed by atoms with Gasteiger partial charge in [-0.15, -0.1) is 0 Å². The molecule has 2 nitrogen and oxygen atoms in total. The Balaban J connectivity index is 0.000000173. The standard InChI is InChI=1S/C18H15P.C15H9O2.Au/c1-4-10-16(11-5-1)19(17-12-6-2-7-13-17)18-14-8-3-9-15-18;1-2-12-7-6-8-13(11-12)15(16)17-14-9-4-3-5-10-14;/h1-15H;3-11H;. The Hall–Kier alpha value is -3.70. The zero-order valence-electron chi connectivity index (χ0n) is 19.9. The number of hydrogen-bond donors (Lipinski definition) is 0. The van der Waals surface area contributed by atoms with Crippen molar-refractivity contribution in [2.24, 2.45) is 0 Å². The number of para-hydroxylation sites is 1. The van der Waals surface area contributed by atoms with Gasteiger partial charge in [-0.3, -0.25) is 0 Å². The third kappa shape index (κ3) is 7.89. The van der Waals surface area contributed by atoms with Crippen molar-refractivity contribution in [1.82, 2.24) is 0 Å². The maximum atomic E-state index is 11.9. The molecular formula is C33H24AuO2P. The van der Waals surface area contributed by atoms with Crippen molar-refractivity contribution in [2.45, 2.75) is 0 Å². The van der Waals surface area contributed by atoms with Crippen molar-refractivity contribution in [3.63, 3.8) is 0 Å². The number of carbonyl (C=O) groups excluding carboxylic acids is 1. The third-order valence-corrected chi connectivity index (χ3v) is 7.99. The van der Waals surface area contributed by atoms with Crippen LogP contribution in [0.3, 0.4) is 0 Å². The van der Waals surface area contributed by atoms with E-state index in [0.29, 0.717) is 11.3 Å². The molecule has 0 aromatic heterocycles. The summed E-state index contributed by atoms with van der Waals surface area (Å²) in [5.41, 5.74) is 1.28. The predicted molar refractivity (Wildman–Crippen MR) is 150 cm³/mol. The van der Waals surface area contributed by atoms with Crippen LogP contribution >= 0.6 is 7.92 Å². The number of carbonyl (C=O) groups is 1. The summed E-state index contributed by atoms with van der Waals surface area (Å²) >= 11 is 2.13. The Morgan fingerprint density at radius 2 is 1.05 bits per heavy atom. The Morgan fingerprint density at radius 3 is 1.51 bits per heavy atom. The van der Waals surface area contributed by atoms with Gasteiger partial charge in [0.05, 0.1) is 0 Å². The molecule has 0 amide bonds. The van der Waals surface area contributed by atoms with E-state index in [2.05, 4.69) is 122 Å². The topological polar surface area (TPSA) is 26.3 Å². The van der Waals surface area contributed by atoms with E-state index < -0.39 is 7.92 Å². The average molecular weight is 680 g/mol. The molecule has 0 unspecified atom stereocenters. The molecule has 0 N–H and O–H groups in total. The van der Waals surface area contributed by atoms with E-state index in [1.807, 2.05) is 24.3 Å². The van der Waals surface area contributed by atoms with Crippen LogP contribution in [0.5, 0.6) is 5.75 Å². The minimum absolute atomic E-state index is 0.379. The smallest absolute Gasteiger partial charge is 0.0134 e. The maximum absolute atomic E-state index is 11.9. The van der Waals surface area contributed by atoms with E-state index >= 15 is 0 Å². The van der Waals surface area contributed by atoms with Gasteiger partial charge in [0.25, 0.3) is 0 Å². The summed E-state index contributed by atoms with van der Waals surface area (Å²) in [6.45, 7) is 0. The van der Waals surface area contributed by atoms with E-state index in [-0.39, 0.29) is 5.97 Å². The second-order valence-electron chi connectivity index (χ2n) is 7.83. The van der Waals surface area contributed by atoms with Gasteiger partial charge in [-0.1, -0.05) is 91.0 Å². The van der Waals surface area contributed by atoms with Gasteiger partial charge in [-0.2, -0.15) is 0 Å². The fourth-order valence-electron chi connectivity index (χ4n) is 3.60. The minimum atomic E-state index is -0.446. The molecule has 0 aliphatic carbocycles. The molecule has 184 valence electrons. The zero-order chi connectivity index (χ0) is 25.7. The fraction of sp³-hybridized carbons (Fsp3) is 0. The molecule has 37 heavy (non-hydrogen) atoms. The van der Waals surface area contributed by atoms with Gasteiger partial charge in [0.2, 0.25) is 0 Å². The number of benzene rings is 5. The molecule has 0 heterocycles. The summed E-state index contributed by atoms with van der Waals surface area (Å²) in [6, 6.07) is 48.4. The molecule has 0 spiro atoms. The third-order valence-electron chi connectivity index (χ3n) is 5.28. The molecule has 4 heteroatoms. The van der Waals surface area contributed by atoms with Crippen LogP contribution in [0.25, 0.3) is 0 Å². The molecule has 0 radical (unpaired) electrons. The molecule has 0 atom stereocenters. The molecule has 5 rings (SSSR count). The quantitative estimate of drug-likeness (QED) is 0.0727. The van der Waals surface area contributed by atoms with Crippen LogP contribution in [0.2, 0.25) is 0 Å². The molecule has 0 fully saturated rings. The van der Waals surface area contributed by atoms with Crippen molar-refractivity contribution in [2.75, 3.05) is 0 Å². The Labute approximate surface area is 232 Å². The fourth-order valence-corrected chi connectivity index (χ4v) is 6.22. The number of hydrogen-bond acceptors (Lipinski definition) is 2. The number of ether oxygens (including phenoxy) is 1. The maximum Gasteiger partial charge on any atom is -0.0134 e. The van der Waals surface area contributed by atoms with E-state index in [0.717, 1.165) is 5.56 Å². The Bertz CT molecular complexity index is 1370. The molecule has 5 aromatic carbocycles. The van der Waals surface area contributed by atoms with Crippen LogP contribution in [-0.4, -0.2) is 5.97 Å². The van der Waals surface area contributed by atoms with Crippen LogP contribution in [0.1, 0.15) is 15.9 Å². The molecule has 0 saturated heterocycles. The number of esters is 1. The molecule has 0 aliphatic heterocycles. The first kappa shape index (κ1) is 26.4. The van der Waals surface area contributed by atoms with Gasteiger partial charge in [0, 0.05) is 0 Å². The van der Waals surface area contributed by atoms with Crippen molar-refractivity contribution in [3.05, 3.63) is 157 Å².